The van der Waals surface area contributed by atoms with Gasteiger partial charge in [-0.25, -0.2) is 0 Å². The van der Waals surface area contributed by atoms with E-state index in [2.05, 4.69) is 5.16 Å². The summed E-state index contributed by atoms with van der Waals surface area (Å²) in [6.07, 6.45) is 0.140. The topological polar surface area (TPSA) is 43.1 Å². The third-order valence-electron chi connectivity index (χ3n) is 2.35. The van der Waals surface area contributed by atoms with E-state index in [0.29, 0.717) is 11.5 Å². The largest absolute Gasteiger partial charge is 0.361 e. The Morgan fingerprint density at radius 3 is 2.69 bits per heavy atom. The summed E-state index contributed by atoms with van der Waals surface area (Å²) in [6.45, 7) is 1.77. The van der Waals surface area contributed by atoms with Crippen LogP contribution in [0.5, 0.6) is 0 Å². The SMILES string of the molecule is Cc1onc(-c2ccccc2)c1CC(=O)Cl. The maximum absolute atomic E-state index is 10.9. The molecule has 0 atom stereocenters. The molecule has 0 aliphatic heterocycles. The minimum Gasteiger partial charge on any atom is -0.361 e. The molecule has 2 aromatic rings. The Kier molecular flexibility index (Phi) is 3.06. The average Bonchev–Trinajstić information content (AvgIpc) is 2.61. The second-order valence-electron chi connectivity index (χ2n) is 3.46. The van der Waals surface area contributed by atoms with Crippen molar-refractivity contribution in [1.82, 2.24) is 5.16 Å². The van der Waals surface area contributed by atoms with Gasteiger partial charge in [-0.05, 0) is 18.5 Å². The molecule has 1 heterocycles. The van der Waals surface area contributed by atoms with Gasteiger partial charge in [-0.15, -0.1) is 0 Å². The third kappa shape index (κ3) is 2.14. The normalized spacial score (nSPS) is 10.4. The number of carbonyl (C=O) groups is 1. The van der Waals surface area contributed by atoms with E-state index in [1.807, 2.05) is 30.3 Å². The molecule has 16 heavy (non-hydrogen) atoms. The maximum Gasteiger partial charge on any atom is 0.226 e. The van der Waals surface area contributed by atoms with Crippen LogP contribution in [0.4, 0.5) is 0 Å². The number of rotatable bonds is 3. The molecule has 0 spiro atoms. The van der Waals surface area contributed by atoms with E-state index in [-0.39, 0.29) is 6.42 Å². The predicted molar refractivity (Wildman–Crippen MR) is 61.2 cm³/mol. The Hall–Kier alpha value is -1.61. The molecule has 2 rings (SSSR count). The molecular formula is C12H10ClNO2. The van der Waals surface area contributed by atoms with Gasteiger partial charge in [-0.3, -0.25) is 4.79 Å². The Morgan fingerprint density at radius 2 is 2.06 bits per heavy atom. The van der Waals surface area contributed by atoms with Crippen LogP contribution in [0.3, 0.4) is 0 Å². The van der Waals surface area contributed by atoms with Crippen molar-refractivity contribution < 1.29 is 9.32 Å². The summed E-state index contributed by atoms with van der Waals surface area (Å²) >= 11 is 5.39. The molecule has 0 aliphatic carbocycles. The third-order valence-corrected chi connectivity index (χ3v) is 2.48. The Labute approximate surface area is 98.0 Å². The fourth-order valence-corrected chi connectivity index (χ4v) is 1.69. The van der Waals surface area contributed by atoms with Gasteiger partial charge in [0.2, 0.25) is 5.24 Å². The quantitative estimate of drug-likeness (QED) is 0.769. The van der Waals surface area contributed by atoms with Gasteiger partial charge in [0, 0.05) is 11.1 Å². The lowest BCUT2D eigenvalue weighted by Crippen LogP contribution is -1.96. The van der Waals surface area contributed by atoms with Crippen LogP contribution in [0, 0.1) is 6.92 Å². The lowest BCUT2D eigenvalue weighted by atomic mass is 10.0. The zero-order valence-electron chi connectivity index (χ0n) is 8.74. The van der Waals surface area contributed by atoms with Gasteiger partial charge >= 0.3 is 0 Å². The van der Waals surface area contributed by atoms with Crippen LogP contribution >= 0.6 is 11.6 Å². The summed E-state index contributed by atoms with van der Waals surface area (Å²) in [6, 6.07) is 9.57. The number of hydrogen-bond donors (Lipinski definition) is 0. The van der Waals surface area contributed by atoms with E-state index in [0.717, 1.165) is 11.1 Å². The number of hydrogen-bond acceptors (Lipinski definition) is 3. The standard InChI is InChI=1S/C12H10ClNO2/c1-8-10(7-11(13)15)12(14-16-8)9-5-3-2-4-6-9/h2-6H,7H2,1H3. The predicted octanol–water partition coefficient (Wildman–Crippen LogP) is 2.96. The first-order chi connectivity index (χ1) is 7.68. The summed E-state index contributed by atoms with van der Waals surface area (Å²) in [5.74, 6) is 0.632. The number of nitrogens with zero attached hydrogens (tertiary/aromatic N) is 1. The smallest absolute Gasteiger partial charge is 0.226 e. The van der Waals surface area contributed by atoms with E-state index in [1.54, 1.807) is 6.92 Å². The van der Waals surface area contributed by atoms with Crippen molar-refractivity contribution >= 4 is 16.8 Å². The zero-order valence-corrected chi connectivity index (χ0v) is 9.49. The first-order valence-electron chi connectivity index (χ1n) is 4.87. The van der Waals surface area contributed by atoms with Crippen molar-refractivity contribution in [3.8, 4) is 11.3 Å². The summed E-state index contributed by atoms with van der Waals surface area (Å²) in [7, 11) is 0. The highest BCUT2D eigenvalue weighted by Gasteiger charge is 2.16. The first kappa shape index (κ1) is 10.9. The van der Waals surface area contributed by atoms with Crippen LogP contribution in [-0.2, 0) is 11.2 Å². The molecule has 0 N–H and O–H groups in total. The summed E-state index contributed by atoms with van der Waals surface area (Å²) < 4.78 is 5.09. The van der Waals surface area contributed by atoms with Gasteiger partial charge < -0.3 is 4.52 Å². The van der Waals surface area contributed by atoms with Crippen molar-refractivity contribution in [1.29, 1.82) is 0 Å². The van der Waals surface area contributed by atoms with E-state index in [9.17, 15) is 4.79 Å². The number of benzene rings is 1. The summed E-state index contributed by atoms with van der Waals surface area (Å²) in [5.41, 5.74) is 2.37. The molecule has 1 aromatic carbocycles. The minimum atomic E-state index is -0.413. The lowest BCUT2D eigenvalue weighted by Gasteiger charge is -1.98. The van der Waals surface area contributed by atoms with E-state index >= 15 is 0 Å². The number of aromatic nitrogens is 1. The second kappa shape index (κ2) is 4.49. The molecule has 0 aliphatic rings. The molecule has 3 nitrogen and oxygen atoms in total. The van der Waals surface area contributed by atoms with Crippen LogP contribution in [0.2, 0.25) is 0 Å². The molecule has 0 fully saturated rings. The van der Waals surface area contributed by atoms with Gasteiger partial charge in [-0.2, -0.15) is 0 Å². The summed E-state index contributed by atoms with van der Waals surface area (Å²) in [5, 5.41) is 3.54. The van der Waals surface area contributed by atoms with Crippen molar-refractivity contribution in [3.05, 3.63) is 41.7 Å². The highest BCUT2D eigenvalue weighted by atomic mass is 35.5. The summed E-state index contributed by atoms with van der Waals surface area (Å²) in [4.78, 5) is 10.9. The van der Waals surface area contributed by atoms with Crippen LogP contribution in [0.1, 0.15) is 11.3 Å². The Balaban J connectivity index is 2.46. The van der Waals surface area contributed by atoms with Crippen LogP contribution < -0.4 is 0 Å². The van der Waals surface area contributed by atoms with Crippen molar-refractivity contribution in [2.75, 3.05) is 0 Å². The van der Waals surface area contributed by atoms with E-state index in [4.69, 9.17) is 16.1 Å². The van der Waals surface area contributed by atoms with E-state index < -0.39 is 5.24 Å². The van der Waals surface area contributed by atoms with Crippen LogP contribution in [0.25, 0.3) is 11.3 Å². The molecule has 0 bridgehead atoms. The number of halogens is 1. The van der Waals surface area contributed by atoms with E-state index in [1.165, 1.54) is 0 Å². The van der Waals surface area contributed by atoms with Crippen molar-refractivity contribution in [2.24, 2.45) is 0 Å². The van der Waals surface area contributed by atoms with Gasteiger partial charge in [0.1, 0.15) is 11.5 Å². The zero-order chi connectivity index (χ0) is 11.5. The second-order valence-corrected chi connectivity index (χ2v) is 3.89. The molecule has 0 saturated carbocycles. The fraction of sp³-hybridized carbons (Fsp3) is 0.167. The van der Waals surface area contributed by atoms with Crippen molar-refractivity contribution in [2.45, 2.75) is 13.3 Å². The number of carbonyl (C=O) groups excluding carboxylic acids is 1. The molecule has 0 saturated heterocycles. The van der Waals surface area contributed by atoms with Gasteiger partial charge in [-0.1, -0.05) is 35.5 Å². The van der Waals surface area contributed by atoms with Crippen LogP contribution in [-0.4, -0.2) is 10.4 Å². The fourth-order valence-electron chi connectivity index (χ4n) is 1.56. The highest BCUT2D eigenvalue weighted by Crippen LogP contribution is 2.25. The lowest BCUT2D eigenvalue weighted by molar-refractivity contribution is -0.111. The Morgan fingerprint density at radius 1 is 1.38 bits per heavy atom. The number of aryl methyl sites for hydroxylation is 1. The average molecular weight is 236 g/mol. The molecule has 0 amide bonds. The van der Waals surface area contributed by atoms with Crippen LogP contribution in [0.15, 0.2) is 34.9 Å². The van der Waals surface area contributed by atoms with Crippen molar-refractivity contribution in [3.63, 3.8) is 0 Å². The molecular weight excluding hydrogens is 226 g/mol. The van der Waals surface area contributed by atoms with Gasteiger partial charge in [0.15, 0.2) is 0 Å². The van der Waals surface area contributed by atoms with Gasteiger partial charge in [0.05, 0.1) is 6.42 Å². The Bertz CT molecular complexity index is 505. The monoisotopic (exact) mass is 235 g/mol. The first-order valence-corrected chi connectivity index (χ1v) is 5.25. The molecule has 0 radical (unpaired) electrons. The molecule has 0 unspecified atom stereocenters. The molecule has 1 aromatic heterocycles. The molecule has 82 valence electrons. The highest BCUT2D eigenvalue weighted by molar-refractivity contribution is 6.63. The maximum atomic E-state index is 10.9. The minimum absolute atomic E-state index is 0.140. The van der Waals surface area contributed by atoms with Gasteiger partial charge in [0.25, 0.3) is 0 Å². The molecule has 4 heteroatoms.